The second-order valence-electron chi connectivity index (χ2n) is 10.1. The van der Waals surface area contributed by atoms with Crippen molar-refractivity contribution < 1.29 is 24.3 Å². The number of piperidine rings is 1. The molecule has 202 valence electrons. The van der Waals surface area contributed by atoms with E-state index in [0.29, 0.717) is 17.4 Å². The van der Waals surface area contributed by atoms with E-state index in [4.69, 9.17) is 9.57 Å². The van der Waals surface area contributed by atoms with Crippen LogP contribution in [0.2, 0.25) is 0 Å². The Balaban J connectivity index is 1.26. The van der Waals surface area contributed by atoms with Gasteiger partial charge in [0, 0.05) is 58.1 Å². The molecule has 5 rings (SSSR count). The number of methoxy groups -OCH3 is 1. The number of carboxylic acids is 1. The third-order valence-corrected chi connectivity index (χ3v) is 7.60. The number of rotatable bonds is 7. The van der Waals surface area contributed by atoms with Gasteiger partial charge in [-0.2, -0.15) is 4.98 Å². The molecule has 1 aromatic heterocycles. The highest BCUT2D eigenvalue weighted by atomic mass is 16.7. The smallest absolute Gasteiger partial charge is 0.339 e. The second kappa shape index (κ2) is 10.5. The van der Waals surface area contributed by atoms with Crippen LogP contribution < -0.4 is 9.80 Å². The van der Waals surface area contributed by atoms with Crippen LogP contribution in [0.25, 0.3) is 0 Å². The van der Waals surface area contributed by atoms with Crippen LogP contribution in [0.15, 0.2) is 42.4 Å². The van der Waals surface area contributed by atoms with E-state index in [0.717, 1.165) is 55.7 Å². The highest BCUT2D eigenvalue weighted by Crippen LogP contribution is 2.41. The number of carbonyl (C=O) groups excluding carboxylic acids is 1. The fourth-order valence-electron chi connectivity index (χ4n) is 5.45. The maximum Gasteiger partial charge on any atom is 0.339 e. The molecule has 2 aliphatic heterocycles. The van der Waals surface area contributed by atoms with Gasteiger partial charge in [-0.1, -0.05) is 6.07 Å². The number of fused-ring (bicyclic) bond motifs is 1. The predicted octanol–water partition coefficient (Wildman–Crippen LogP) is 2.46. The Morgan fingerprint density at radius 2 is 1.89 bits per heavy atom. The van der Waals surface area contributed by atoms with Crippen molar-refractivity contribution in [2.24, 2.45) is 0 Å². The molecule has 3 aliphatic rings. The van der Waals surface area contributed by atoms with Gasteiger partial charge in [-0.15, -0.1) is 0 Å². The van der Waals surface area contributed by atoms with Crippen molar-refractivity contribution in [3.8, 4) is 0 Å². The van der Waals surface area contributed by atoms with Crippen LogP contribution in [-0.4, -0.2) is 90.4 Å². The summed E-state index contributed by atoms with van der Waals surface area (Å²) in [5.41, 5.74) is 2.71. The van der Waals surface area contributed by atoms with Crippen LogP contribution in [0.4, 0.5) is 11.8 Å². The molecule has 0 spiro atoms. The molecular formula is C27H34N6O5. The fourth-order valence-corrected chi connectivity index (χ4v) is 5.45. The number of aryl methyl sites for hydroxylation is 1. The number of aromatic nitrogens is 2. The van der Waals surface area contributed by atoms with Crippen LogP contribution in [0.1, 0.15) is 46.8 Å². The molecule has 0 radical (unpaired) electrons. The highest BCUT2D eigenvalue weighted by Gasteiger charge is 2.39. The molecule has 0 saturated carbocycles. The quantitative estimate of drug-likeness (QED) is 0.582. The number of anilines is 2. The third kappa shape index (κ3) is 4.85. The predicted molar refractivity (Wildman–Crippen MR) is 141 cm³/mol. The molecule has 0 bridgehead atoms. The Morgan fingerprint density at radius 1 is 1.13 bits per heavy atom. The Bertz CT molecular complexity index is 1240. The molecule has 3 heterocycles. The lowest BCUT2D eigenvalue weighted by Gasteiger charge is -2.37. The minimum Gasteiger partial charge on any atom is -0.481 e. The number of carboxylic acid groups (broad SMARTS) is 1. The molecule has 2 aromatic rings. The maximum absolute atomic E-state index is 13.5. The van der Waals surface area contributed by atoms with Gasteiger partial charge < -0.3 is 24.5 Å². The first-order valence-electron chi connectivity index (χ1n) is 12.9. The van der Waals surface area contributed by atoms with E-state index in [-0.39, 0.29) is 18.0 Å². The number of amides is 1. The van der Waals surface area contributed by atoms with Gasteiger partial charge in [0.05, 0.1) is 13.2 Å². The average Bonchev–Trinajstić information content (AvgIpc) is 3.56. The van der Waals surface area contributed by atoms with Gasteiger partial charge in [0.15, 0.2) is 0 Å². The number of aliphatic carboxylic acids is 1. The Labute approximate surface area is 222 Å². The number of nitrogens with zero attached hydrogens (tertiary/aromatic N) is 6. The van der Waals surface area contributed by atoms with Gasteiger partial charge in [-0.05, 0) is 55.0 Å². The maximum atomic E-state index is 13.5. The Hall–Kier alpha value is -3.86. The third-order valence-electron chi connectivity index (χ3n) is 7.60. The van der Waals surface area contributed by atoms with Crippen LogP contribution >= 0.6 is 0 Å². The number of hydrogen-bond acceptors (Lipinski definition) is 9. The molecule has 2 atom stereocenters. The Morgan fingerprint density at radius 3 is 2.58 bits per heavy atom. The summed E-state index contributed by atoms with van der Waals surface area (Å²) in [5, 5.41) is 10.9. The molecule has 1 amide bonds. The number of benzene rings is 1. The van der Waals surface area contributed by atoms with Crippen molar-refractivity contribution in [1.29, 1.82) is 0 Å². The first-order valence-corrected chi connectivity index (χ1v) is 12.9. The van der Waals surface area contributed by atoms with Gasteiger partial charge in [-0.25, -0.2) is 14.8 Å². The van der Waals surface area contributed by atoms with E-state index >= 15 is 0 Å². The first kappa shape index (κ1) is 25.8. The molecule has 1 N–H and O–H groups in total. The molecule has 11 nitrogen and oxygen atoms in total. The summed E-state index contributed by atoms with van der Waals surface area (Å²) in [4.78, 5) is 45.6. The lowest BCUT2D eigenvalue weighted by Crippen LogP contribution is -2.46. The zero-order valence-electron chi connectivity index (χ0n) is 22.2. The molecule has 11 heteroatoms. The zero-order valence-corrected chi connectivity index (χ0v) is 22.2. The normalized spacial score (nSPS) is 21.2. The average molecular weight is 523 g/mol. The summed E-state index contributed by atoms with van der Waals surface area (Å²) < 4.78 is 5.39. The fraction of sp³-hybridized carbons (Fsp3) is 0.481. The van der Waals surface area contributed by atoms with Crippen molar-refractivity contribution in [1.82, 2.24) is 19.9 Å². The number of hydroxylamine groups is 2. The molecule has 1 fully saturated rings. The van der Waals surface area contributed by atoms with Gasteiger partial charge in [-0.3, -0.25) is 9.63 Å². The summed E-state index contributed by atoms with van der Waals surface area (Å²) in [7, 11) is 7.21. The number of carbonyl (C=O) groups is 2. The van der Waals surface area contributed by atoms with Gasteiger partial charge >= 0.3 is 5.97 Å². The van der Waals surface area contributed by atoms with Crippen molar-refractivity contribution in [2.75, 3.05) is 51.1 Å². The Kier molecular flexibility index (Phi) is 7.11. The van der Waals surface area contributed by atoms with Crippen molar-refractivity contribution in [2.45, 2.75) is 43.9 Å². The largest absolute Gasteiger partial charge is 0.481 e. The number of ether oxygens (including phenoxy) is 1. The standard InChI is InChI=1S/C27H34N6O5/c1-30(2)27-28-12-9-23(29-27)32-13-10-19(11-14-32)31(3)25(34)18-6-5-17-7-8-21(20(17)15-18)33-24(37-4)16-22(38-33)26(35)36/h5-6,9,12,15-16,19,21-22H,7-8,10-11,13-14H2,1-4H3,(H,35,36)/t21-,22?/m1/s1. The van der Waals surface area contributed by atoms with Gasteiger partial charge in [0.1, 0.15) is 5.82 Å². The van der Waals surface area contributed by atoms with E-state index < -0.39 is 12.1 Å². The SMILES string of the molecule is COC1=CC(C(=O)O)ON1[C@@H]1CCc2ccc(C(=O)N(C)C3CCN(c4ccnc(N(C)C)n4)CC3)cc21. The van der Waals surface area contributed by atoms with Crippen LogP contribution in [0.5, 0.6) is 0 Å². The number of hydrogen-bond donors (Lipinski definition) is 1. The molecule has 38 heavy (non-hydrogen) atoms. The van der Waals surface area contributed by atoms with Crippen LogP contribution in [0, 0.1) is 0 Å². The lowest BCUT2D eigenvalue weighted by molar-refractivity contribution is -0.200. The topological polar surface area (TPSA) is 112 Å². The molecule has 1 saturated heterocycles. The van der Waals surface area contributed by atoms with E-state index in [2.05, 4.69) is 14.9 Å². The van der Waals surface area contributed by atoms with Crippen molar-refractivity contribution in [3.05, 3.63) is 59.1 Å². The van der Waals surface area contributed by atoms with Gasteiger partial charge in [0.2, 0.25) is 17.9 Å². The summed E-state index contributed by atoms with van der Waals surface area (Å²) in [6.45, 7) is 1.61. The van der Waals surface area contributed by atoms with Crippen molar-refractivity contribution >= 4 is 23.6 Å². The minimum atomic E-state index is -1.09. The molecule has 1 aromatic carbocycles. The van der Waals surface area contributed by atoms with E-state index in [1.54, 1.807) is 6.20 Å². The van der Waals surface area contributed by atoms with Gasteiger partial charge in [0.25, 0.3) is 5.91 Å². The first-order chi connectivity index (χ1) is 18.3. The zero-order chi connectivity index (χ0) is 27.0. The second-order valence-corrected chi connectivity index (χ2v) is 10.1. The molecule has 1 unspecified atom stereocenters. The van der Waals surface area contributed by atoms with Crippen LogP contribution in [-0.2, 0) is 20.8 Å². The minimum absolute atomic E-state index is 0.0258. The van der Waals surface area contributed by atoms with E-state index in [9.17, 15) is 14.7 Å². The highest BCUT2D eigenvalue weighted by molar-refractivity contribution is 5.94. The van der Waals surface area contributed by atoms with Crippen molar-refractivity contribution in [3.63, 3.8) is 0 Å². The van der Waals surface area contributed by atoms with Crippen LogP contribution in [0.3, 0.4) is 0 Å². The van der Waals surface area contributed by atoms with E-state index in [1.807, 2.05) is 55.2 Å². The lowest BCUT2D eigenvalue weighted by atomic mass is 10.0. The summed E-state index contributed by atoms with van der Waals surface area (Å²) in [6.07, 6.45) is 5.39. The summed E-state index contributed by atoms with van der Waals surface area (Å²) in [6, 6.07) is 7.64. The molecule has 1 aliphatic carbocycles. The monoisotopic (exact) mass is 522 g/mol. The molecular weight excluding hydrogens is 488 g/mol. The summed E-state index contributed by atoms with van der Waals surface area (Å²) in [5.74, 6) is 0.853. The van der Waals surface area contributed by atoms with E-state index in [1.165, 1.54) is 18.2 Å². The summed E-state index contributed by atoms with van der Waals surface area (Å²) >= 11 is 0.